The molecule has 2 aromatic rings. The number of aliphatic hydroxyl groups excluding tert-OH is 2. The maximum absolute atomic E-state index is 13.5. The number of carbonyl (C=O) groups excluding carboxylic acids is 4. The van der Waals surface area contributed by atoms with Gasteiger partial charge < -0.3 is 26.2 Å². The van der Waals surface area contributed by atoms with E-state index in [9.17, 15) is 39.6 Å². The number of benzene rings is 1. The Morgan fingerprint density at radius 1 is 1.11 bits per heavy atom. The van der Waals surface area contributed by atoms with Gasteiger partial charge >= 0.3 is 0 Å². The van der Waals surface area contributed by atoms with Crippen LogP contribution in [-0.4, -0.2) is 60.4 Å². The molecule has 1 amide bonds. The molecule has 3 aliphatic rings. The summed E-state index contributed by atoms with van der Waals surface area (Å²) in [4.78, 5) is 55.6. The van der Waals surface area contributed by atoms with Gasteiger partial charge in [0.25, 0.3) is 0 Å². The minimum Gasteiger partial charge on any atom is -0.507 e. The number of amides is 1. The fourth-order valence-electron chi connectivity index (χ4n) is 5.95. The molecule has 36 heavy (non-hydrogen) atoms. The first-order chi connectivity index (χ1) is 17.1. The highest BCUT2D eigenvalue weighted by Gasteiger charge is 2.64. The highest BCUT2D eigenvalue weighted by Crippen LogP contribution is 2.51. The number of Topliss-reactive ketones (excluding diaryl/α,β-unsaturated/α-hetero) is 3. The Labute approximate surface area is 205 Å². The maximum Gasteiger partial charge on any atom is 0.230 e. The predicted molar refractivity (Wildman–Crippen MR) is 124 cm³/mol. The van der Waals surface area contributed by atoms with Crippen LogP contribution >= 0.6 is 0 Å². The van der Waals surface area contributed by atoms with Gasteiger partial charge in [0.2, 0.25) is 11.7 Å². The van der Waals surface area contributed by atoms with Crippen LogP contribution in [0.25, 0.3) is 5.76 Å². The number of fused-ring (bicyclic) bond motifs is 3. The maximum atomic E-state index is 13.5. The van der Waals surface area contributed by atoms with Gasteiger partial charge in [0, 0.05) is 28.9 Å². The number of rotatable bonds is 4. The lowest BCUT2D eigenvalue weighted by molar-refractivity contribution is -0.174. The van der Waals surface area contributed by atoms with Crippen molar-refractivity contribution >= 4 is 29.0 Å². The zero-order valence-electron chi connectivity index (χ0n) is 19.0. The Morgan fingerprint density at radius 3 is 2.53 bits per heavy atom. The van der Waals surface area contributed by atoms with Gasteiger partial charge in [0.05, 0.1) is 18.1 Å². The molecule has 2 saturated carbocycles. The number of phenols is 1. The van der Waals surface area contributed by atoms with E-state index in [1.807, 2.05) is 0 Å². The van der Waals surface area contributed by atoms with E-state index < -0.39 is 52.7 Å². The summed E-state index contributed by atoms with van der Waals surface area (Å²) in [5.41, 5.74) is 3.37. The fourth-order valence-corrected chi connectivity index (χ4v) is 5.95. The number of hydrogen-bond acceptors (Lipinski definition) is 9. The van der Waals surface area contributed by atoms with E-state index in [4.69, 9.17) is 5.73 Å². The molecule has 0 bridgehead atoms. The molecule has 0 radical (unpaired) electrons. The number of hydrogen-bond donors (Lipinski definition) is 5. The summed E-state index contributed by atoms with van der Waals surface area (Å²) in [5.74, 6) is -8.20. The minimum atomic E-state index is -2.64. The number of aromatic hydroxyl groups is 1. The van der Waals surface area contributed by atoms with Crippen LogP contribution in [0.2, 0.25) is 0 Å². The molecule has 10 nitrogen and oxygen atoms in total. The van der Waals surface area contributed by atoms with Gasteiger partial charge in [-0.2, -0.15) is 0 Å². The molecule has 1 aromatic carbocycles. The van der Waals surface area contributed by atoms with Crippen molar-refractivity contribution in [3.8, 4) is 5.75 Å². The highest BCUT2D eigenvalue weighted by atomic mass is 16.3. The molecule has 1 heterocycles. The Bertz CT molecular complexity index is 1350. The second-order valence-electron chi connectivity index (χ2n) is 9.65. The molecular weight excluding hydrogens is 468 g/mol. The third-order valence-electron chi connectivity index (χ3n) is 7.64. The second-order valence-corrected chi connectivity index (χ2v) is 9.65. The van der Waals surface area contributed by atoms with Crippen molar-refractivity contribution in [1.29, 1.82) is 0 Å². The van der Waals surface area contributed by atoms with E-state index >= 15 is 0 Å². The fraction of sp³-hybridized carbons (Fsp3) is 0.346. The monoisotopic (exact) mass is 492 g/mol. The van der Waals surface area contributed by atoms with Crippen molar-refractivity contribution in [3.63, 3.8) is 0 Å². The standard InChI is InChI=1S/C26H24N2O8/c27-25(35)21-18(31)9-12-7-11-8-15-14(17(30)10-13-3-1-2-6-28-13)4-5-16(29)20(15)22(32)19(11)23(33)26(12,36)24(21)34/h1-6,11-12,18,21,29,31-32,36H,7-10H2,(H2,27,35)/t11-,12+,18?,21?,26+/m1/s1. The van der Waals surface area contributed by atoms with Gasteiger partial charge in [-0.3, -0.25) is 24.2 Å². The summed E-state index contributed by atoms with van der Waals surface area (Å²) >= 11 is 0. The van der Waals surface area contributed by atoms with Crippen LogP contribution < -0.4 is 5.73 Å². The molecular formula is C26H24N2O8. The van der Waals surface area contributed by atoms with Crippen LogP contribution in [0.1, 0.15) is 40.0 Å². The number of aliphatic hydroxyl groups is 3. The van der Waals surface area contributed by atoms with Crippen LogP contribution in [0.3, 0.4) is 0 Å². The second kappa shape index (κ2) is 8.35. The Balaban J connectivity index is 1.59. The quantitative estimate of drug-likeness (QED) is 0.297. The number of ketones is 3. The van der Waals surface area contributed by atoms with Gasteiger partial charge in [-0.25, -0.2) is 0 Å². The highest BCUT2D eigenvalue weighted by molar-refractivity contribution is 6.24. The molecule has 6 N–H and O–H groups in total. The number of aromatic nitrogens is 1. The van der Waals surface area contributed by atoms with Crippen molar-refractivity contribution < 1.29 is 39.6 Å². The third kappa shape index (κ3) is 3.36. The van der Waals surface area contributed by atoms with Gasteiger partial charge in [-0.15, -0.1) is 0 Å². The number of pyridine rings is 1. The number of phenolic OH excluding ortho intramolecular Hbond substituents is 1. The summed E-state index contributed by atoms with van der Waals surface area (Å²) in [5, 5.41) is 43.3. The number of primary amides is 1. The molecule has 0 aliphatic heterocycles. The smallest absolute Gasteiger partial charge is 0.230 e. The summed E-state index contributed by atoms with van der Waals surface area (Å²) in [6.07, 6.45) is -0.0239. The topological polar surface area (TPSA) is 188 Å². The van der Waals surface area contributed by atoms with Gasteiger partial charge in [0.1, 0.15) is 17.4 Å². The van der Waals surface area contributed by atoms with Crippen molar-refractivity contribution in [2.75, 3.05) is 0 Å². The summed E-state index contributed by atoms with van der Waals surface area (Å²) in [6, 6.07) is 7.86. The van der Waals surface area contributed by atoms with Crippen molar-refractivity contribution in [2.24, 2.45) is 23.5 Å². The molecule has 5 atom stereocenters. The average molecular weight is 492 g/mol. The van der Waals surface area contributed by atoms with Crippen LogP contribution in [0.4, 0.5) is 0 Å². The lowest BCUT2D eigenvalue weighted by Crippen LogP contribution is -2.66. The number of nitrogens with two attached hydrogens (primary N) is 1. The third-order valence-corrected chi connectivity index (χ3v) is 7.64. The van der Waals surface area contributed by atoms with Crippen LogP contribution in [0.15, 0.2) is 42.1 Å². The SMILES string of the molecule is NC(=O)C1C(=O)[C@@]2(O)C(=O)C3=C(O)c4c(O)ccc(C(=O)Cc5ccccn5)c4C[C@H]3C[C@H]2CC1O. The molecule has 2 unspecified atom stereocenters. The molecule has 5 rings (SSSR count). The molecule has 3 aliphatic carbocycles. The van der Waals surface area contributed by atoms with Crippen LogP contribution in [-0.2, 0) is 27.2 Å². The van der Waals surface area contributed by atoms with E-state index in [1.165, 1.54) is 12.1 Å². The lowest BCUT2D eigenvalue weighted by atomic mass is 9.56. The van der Waals surface area contributed by atoms with E-state index in [1.54, 1.807) is 24.4 Å². The summed E-state index contributed by atoms with van der Waals surface area (Å²) in [6.45, 7) is 0. The first kappa shape index (κ1) is 23.8. The Morgan fingerprint density at radius 2 is 1.86 bits per heavy atom. The minimum absolute atomic E-state index is 0.0173. The predicted octanol–water partition coefficient (Wildman–Crippen LogP) is 0.409. The van der Waals surface area contributed by atoms with E-state index in [-0.39, 0.29) is 53.9 Å². The van der Waals surface area contributed by atoms with Gasteiger partial charge in [-0.05, 0) is 55.0 Å². The Hall–Kier alpha value is -3.89. The van der Waals surface area contributed by atoms with E-state index in [0.29, 0.717) is 11.3 Å². The van der Waals surface area contributed by atoms with E-state index in [2.05, 4.69) is 4.98 Å². The molecule has 0 spiro atoms. The van der Waals surface area contributed by atoms with Crippen molar-refractivity contribution in [2.45, 2.75) is 37.4 Å². The molecule has 2 fully saturated rings. The number of carbonyl (C=O) groups is 4. The normalized spacial score (nSPS) is 29.3. The summed E-state index contributed by atoms with van der Waals surface area (Å²) < 4.78 is 0. The molecule has 186 valence electrons. The van der Waals surface area contributed by atoms with Gasteiger partial charge in [0.15, 0.2) is 17.2 Å². The van der Waals surface area contributed by atoms with Gasteiger partial charge in [-0.1, -0.05) is 6.07 Å². The average Bonchev–Trinajstić information content (AvgIpc) is 2.82. The Kier molecular flexibility index (Phi) is 5.53. The van der Waals surface area contributed by atoms with Crippen molar-refractivity contribution in [3.05, 3.63) is 64.5 Å². The zero-order valence-corrected chi connectivity index (χ0v) is 19.0. The lowest BCUT2D eigenvalue weighted by Gasteiger charge is -2.48. The first-order valence-corrected chi connectivity index (χ1v) is 11.6. The molecule has 1 aromatic heterocycles. The molecule has 0 saturated heterocycles. The summed E-state index contributed by atoms with van der Waals surface area (Å²) in [7, 11) is 0. The molecule has 10 heteroatoms. The van der Waals surface area contributed by atoms with Crippen molar-refractivity contribution in [1.82, 2.24) is 4.98 Å². The zero-order chi connectivity index (χ0) is 25.9. The largest absolute Gasteiger partial charge is 0.507 e. The van der Waals surface area contributed by atoms with E-state index in [0.717, 1.165) is 0 Å². The number of nitrogens with zero attached hydrogens (tertiary/aromatic N) is 1. The van der Waals surface area contributed by atoms with Crippen LogP contribution in [0, 0.1) is 17.8 Å². The first-order valence-electron chi connectivity index (χ1n) is 11.6. The van der Waals surface area contributed by atoms with Crippen LogP contribution in [0.5, 0.6) is 5.75 Å².